The minimum atomic E-state index is -5.72. The largest absolute Gasteiger partial charge is 0.497 e. The number of hydrogen-bond acceptors (Lipinski definition) is 5. The van der Waals surface area contributed by atoms with Crippen molar-refractivity contribution >= 4 is 21.2 Å². The summed E-state index contributed by atoms with van der Waals surface area (Å²) in [5.41, 5.74) is 0.583. The number of aromatic nitrogens is 2. The van der Waals surface area contributed by atoms with Crippen molar-refractivity contribution in [2.24, 2.45) is 0 Å². The van der Waals surface area contributed by atoms with Crippen molar-refractivity contribution in [3.63, 3.8) is 0 Å². The van der Waals surface area contributed by atoms with Crippen LogP contribution in [0.4, 0.5) is 17.6 Å². The van der Waals surface area contributed by atoms with Crippen LogP contribution >= 0.6 is 11.3 Å². The molecule has 0 aliphatic rings. The summed E-state index contributed by atoms with van der Waals surface area (Å²) in [6.07, 6.45) is -4.39. The Morgan fingerprint density at radius 1 is 1.19 bits per heavy atom. The van der Waals surface area contributed by atoms with Crippen LogP contribution < -0.4 is 4.74 Å². The predicted octanol–water partition coefficient (Wildman–Crippen LogP) is 4.45. The molecule has 2 heterocycles. The lowest BCUT2D eigenvalue weighted by Crippen LogP contribution is -2.37. The predicted molar refractivity (Wildman–Crippen MR) is 92.0 cm³/mol. The van der Waals surface area contributed by atoms with Gasteiger partial charge in [-0.1, -0.05) is 6.07 Å². The second-order valence-corrected chi connectivity index (χ2v) is 8.22. The van der Waals surface area contributed by atoms with Gasteiger partial charge in [-0.25, -0.2) is 22.2 Å². The lowest BCUT2D eigenvalue weighted by molar-refractivity contribution is -0.0639. The number of hydrogen-bond donors (Lipinski definition) is 1. The van der Waals surface area contributed by atoms with Gasteiger partial charge in [0.2, 0.25) is 5.16 Å². The van der Waals surface area contributed by atoms with E-state index < -0.39 is 26.7 Å². The zero-order valence-corrected chi connectivity index (χ0v) is 15.3. The molecule has 5 nitrogen and oxygen atoms in total. The summed E-state index contributed by atoms with van der Waals surface area (Å²) >= 11 is 1.20. The molecule has 0 unspecified atom stereocenters. The molecule has 2 aromatic heterocycles. The van der Waals surface area contributed by atoms with Crippen LogP contribution in [0.2, 0.25) is 0 Å². The molecule has 1 N–H and O–H groups in total. The fourth-order valence-electron chi connectivity index (χ4n) is 2.28. The second kappa shape index (κ2) is 6.97. The van der Waals surface area contributed by atoms with E-state index in [4.69, 9.17) is 4.74 Å². The molecule has 1 aromatic carbocycles. The summed E-state index contributed by atoms with van der Waals surface area (Å²) in [6, 6.07) is 9.53. The minimum absolute atomic E-state index is 0.0451. The number of aromatic amines is 1. The van der Waals surface area contributed by atoms with Gasteiger partial charge in [0.1, 0.15) is 5.75 Å². The van der Waals surface area contributed by atoms with Gasteiger partial charge >= 0.3 is 11.7 Å². The molecule has 0 atom stereocenters. The molecule has 144 valence electrons. The Kier molecular flexibility index (Phi) is 5.00. The average Bonchev–Trinajstić information content (AvgIpc) is 3.31. The number of rotatable bonds is 6. The lowest BCUT2D eigenvalue weighted by Gasteiger charge is -2.13. The van der Waals surface area contributed by atoms with Crippen LogP contribution in [0.25, 0.3) is 21.8 Å². The van der Waals surface area contributed by atoms with E-state index in [1.54, 1.807) is 41.8 Å². The number of alkyl halides is 4. The van der Waals surface area contributed by atoms with Crippen LogP contribution in [-0.2, 0) is 9.84 Å². The molecule has 0 saturated heterocycles. The van der Waals surface area contributed by atoms with Crippen molar-refractivity contribution < 1.29 is 30.7 Å². The normalized spacial score (nSPS) is 12.5. The highest BCUT2D eigenvalue weighted by Crippen LogP contribution is 2.38. The summed E-state index contributed by atoms with van der Waals surface area (Å²) in [6.45, 7) is 0. The number of ether oxygens (including phenoxy) is 1. The Labute approximate surface area is 155 Å². The van der Waals surface area contributed by atoms with E-state index in [0.717, 1.165) is 0 Å². The molecule has 0 amide bonds. The number of sulfone groups is 1. The second-order valence-electron chi connectivity index (χ2n) is 5.34. The zero-order valence-electron chi connectivity index (χ0n) is 13.6. The van der Waals surface area contributed by atoms with Crippen LogP contribution in [0.5, 0.6) is 5.75 Å². The van der Waals surface area contributed by atoms with E-state index >= 15 is 0 Å². The molecule has 0 bridgehead atoms. The SMILES string of the molecule is COc1ccc(-c2nc(S(=O)(=O)C(F)(F)C(F)F)[nH]c2-c2cccs2)cc1. The molecule has 0 fully saturated rings. The van der Waals surface area contributed by atoms with Crippen molar-refractivity contribution in [1.82, 2.24) is 9.97 Å². The van der Waals surface area contributed by atoms with Gasteiger partial charge < -0.3 is 9.72 Å². The number of methoxy groups -OCH3 is 1. The van der Waals surface area contributed by atoms with Crippen LogP contribution in [0, 0.1) is 0 Å². The third-order valence-electron chi connectivity index (χ3n) is 3.68. The molecular formula is C16H12F4N2O3S2. The van der Waals surface area contributed by atoms with Crippen molar-refractivity contribution in [2.45, 2.75) is 16.8 Å². The maximum absolute atomic E-state index is 13.6. The van der Waals surface area contributed by atoms with Crippen molar-refractivity contribution in [3.05, 3.63) is 41.8 Å². The topological polar surface area (TPSA) is 72.0 Å². The van der Waals surface area contributed by atoms with Crippen molar-refractivity contribution in [1.29, 1.82) is 0 Å². The quantitative estimate of drug-likeness (QED) is 0.599. The molecule has 11 heteroatoms. The minimum Gasteiger partial charge on any atom is -0.497 e. The van der Waals surface area contributed by atoms with E-state index in [1.165, 1.54) is 18.4 Å². The third-order valence-corrected chi connectivity index (χ3v) is 6.16. The Balaban J connectivity index is 2.19. The van der Waals surface area contributed by atoms with E-state index in [9.17, 15) is 26.0 Å². The van der Waals surface area contributed by atoms with Crippen LogP contribution in [0.15, 0.2) is 46.9 Å². The van der Waals surface area contributed by atoms with Gasteiger partial charge in [0, 0.05) is 5.56 Å². The van der Waals surface area contributed by atoms with Crippen LogP contribution in [0.1, 0.15) is 0 Å². The van der Waals surface area contributed by atoms with Gasteiger partial charge in [-0.15, -0.1) is 11.3 Å². The van der Waals surface area contributed by atoms with Gasteiger partial charge in [0.25, 0.3) is 9.84 Å². The van der Waals surface area contributed by atoms with Crippen LogP contribution in [0.3, 0.4) is 0 Å². The first-order valence-corrected chi connectivity index (χ1v) is 9.73. The van der Waals surface area contributed by atoms with Gasteiger partial charge in [-0.2, -0.15) is 8.78 Å². The summed E-state index contributed by atoms with van der Waals surface area (Å²) in [4.78, 5) is 6.51. The third kappa shape index (κ3) is 3.32. The Bertz CT molecular complexity index is 1030. The molecule has 0 radical (unpaired) electrons. The first kappa shape index (κ1) is 19.4. The van der Waals surface area contributed by atoms with E-state index in [-0.39, 0.29) is 11.4 Å². The summed E-state index contributed by atoms with van der Waals surface area (Å²) < 4.78 is 81.4. The highest BCUT2D eigenvalue weighted by atomic mass is 32.2. The van der Waals surface area contributed by atoms with Crippen molar-refractivity contribution in [3.8, 4) is 27.6 Å². The smallest absolute Gasteiger partial charge is 0.411 e. The first-order chi connectivity index (χ1) is 12.7. The monoisotopic (exact) mass is 420 g/mol. The average molecular weight is 420 g/mol. The van der Waals surface area contributed by atoms with E-state index in [0.29, 0.717) is 16.2 Å². The molecule has 0 aliphatic heterocycles. The fourth-order valence-corrected chi connectivity index (χ4v) is 3.95. The highest BCUT2D eigenvalue weighted by molar-refractivity contribution is 7.92. The molecule has 3 aromatic rings. The number of nitrogens with zero attached hydrogens (tertiary/aromatic N) is 1. The van der Waals surface area contributed by atoms with E-state index in [2.05, 4.69) is 9.97 Å². The highest BCUT2D eigenvalue weighted by Gasteiger charge is 2.56. The molecule has 27 heavy (non-hydrogen) atoms. The van der Waals surface area contributed by atoms with Crippen LogP contribution in [-0.4, -0.2) is 37.2 Å². The lowest BCUT2D eigenvalue weighted by atomic mass is 10.1. The summed E-state index contributed by atoms with van der Waals surface area (Å²) in [5.74, 6) is 0.518. The fraction of sp³-hybridized carbons (Fsp3) is 0.188. The number of nitrogens with one attached hydrogen (secondary N) is 1. The maximum atomic E-state index is 13.6. The van der Waals surface area contributed by atoms with E-state index in [1.807, 2.05) is 0 Å². The number of H-pyrrole nitrogens is 1. The van der Waals surface area contributed by atoms with Gasteiger partial charge in [-0.05, 0) is 35.7 Å². The maximum Gasteiger partial charge on any atom is 0.411 e. The molecule has 0 aliphatic carbocycles. The summed E-state index contributed by atoms with van der Waals surface area (Å²) in [7, 11) is -4.27. The molecule has 0 spiro atoms. The molecule has 0 saturated carbocycles. The first-order valence-electron chi connectivity index (χ1n) is 7.37. The Hall–Kier alpha value is -2.40. The Morgan fingerprint density at radius 2 is 1.85 bits per heavy atom. The standard InChI is InChI=1S/C16H12F4N2O3S2/c1-25-10-6-4-9(5-7-10)12-13(11-3-2-8-26-11)22-15(21-12)27(23,24)16(19,20)14(17)18/h2-8,14H,1H3,(H,21,22). The van der Waals surface area contributed by atoms with Gasteiger partial charge in [0.05, 0.1) is 23.4 Å². The van der Waals surface area contributed by atoms with Gasteiger partial charge in [0.15, 0.2) is 0 Å². The number of benzene rings is 1. The Morgan fingerprint density at radius 3 is 2.37 bits per heavy atom. The van der Waals surface area contributed by atoms with Gasteiger partial charge in [-0.3, -0.25) is 0 Å². The number of imidazole rings is 1. The zero-order chi connectivity index (χ0) is 19.8. The van der Waals surface area contributed by atoms with Crippen molar-refractivity contribution in [2.75, 3.05) is 7.11 Å². The number of thiophene rings is 1. The summed E-state index contributed by atoms with van der Waals surface area (Å²) in [5, 5.41) is -4.80. The number of halogens is 4. The molecular weight excluding hydrogens is 408 g/mol. The molecule has 3 rings (SSSR count).